The normalized spacial score (nSPS) is 19.5. The first-order chi connectivity index (χ1) is 9.92. The van der Waals surface area contributed by atoms with Crippen molar-refractivity contribution in [1.29, 1.82) is 0 Å². The number of oxime groups is 1. The van der Waals surface area contributed by atoms with Crippen LogP contribution in [0.15, 0.2) is 9.68 Å². The van der Waals surface area contributed by atoms with Crippen LogP contribution in [0.3, 0.4) is 0 Å². The van der Waals surface area contributed by atoms with E-state index in [-0.39, 0.29) is 17.8 Å². The molecule has 2 rings (SSSR count). The largest absolute Gasteiger partial charge is 0.409 e. The molecule has 0 spiro atoms. The molecule has 21 heavy (non-hydrogen) atoms. The summed E-state index contributed by atoms with van der Waals surface area (Å²) in [6.45, 7) is 5.52. The van der Waals surface area contributed by atoms with E-state index in [1.807, 2.05) is 20.8 Å². The topological polar surface area (TPSA) is 114 Å². The number of aryl methyl sites for hydroxylation is 2. The highest BCUT2D eigenvalue weighted by atomic mass is 16.5. The lowest BCUT2D eigenvalue weighted by Gasteiger charge is -2.28. The molecule has 1 aromatic heterocycles. The first-order valence-corrected chi connectivity index (χ1v) is 7.14. The molecule has 1 unspecified atom stereocenters. The highest BCUT2D eigenvalue weighted by Gasteiger charge is 2.46. The molecule has 7 heteroatoms. The fourth-order valence-electron chi connectivity index (χ4n) is 3.19. The highest BCUT2D eigenvalue weighted by Crippen LogP contribution is 2.39. The minimum Gasteiger partial charge on any atom is -0.409 e. The molecule has 0 aliphatic heterocycles. The van der Waals surface area contributed by atoms with Crippen molar-refractivity contribution in [2.75, 3.05) is 0 Å². The van der Waals surface area contributed by atoms with Crippen molar-refractivity contribution in [3.05, 3.63) is 17.0 Å². The van der Waals surface area contributed by atoms with Gasteiger partial charge < -0.3 is 20.8 Å². The molecular weight excluding hydrogens is 272 g/mol. The van der Waals surface area contributed by atoms with E-state index in [2.05, 4.69) is 15.6 Å². The predicted octanol–water partition coefficient (Wildman–Crippen LogP) is 1.78. The van der Waals surface area contributed by atoms with Gasteiger partial charge in [-0.15, -0.1) is 0 Å². The van der Waals surface area contributed by atoms with Gasteiger partial charge in [0, 0.05) is 5.56 Å². The van der Waals surface area contributed by atoms with Gasteiger partial charge in [0.1, 0.15) is 11.2 Å². The van der Waals surface area contributed by atoms with Gasteiger partial charge in [0.15, 0.2) is 5.84 Å². The van der Waals surface area contributed by atoms with Crippen molar-refractivity contribution in [3.63, 3.8) is 0 Å². The van der Waals surface area contributed by atoms with E-state index >= 15 is 0 Å². The maximum absolute atomic E-state index is 12.7. The summed E-state index contributed by atoms with van der Waals surface area (Å²) in [6, 6.07) is -0.243. The second kappa shape index (κ2) is 5.75. The van der Waals surface area contributed by atoms with Crippen LogP contribution in [0.5, 0.6) is 0 Å². The van der Waals surface area contributed by atoms with Crippen LogP contribution < -0.4 is 11.1 Å². The molecule has 1 saturated carbocycles. The van der Waals surface area contributed by atoms with Crippen molar-refractivity contribution in [2.24, 2.45) is 16.3 Å². The number of hydrogen-bond donors (Lipinski definition) is 3. The molecule has 1 aliphatic rings. The zero-order valence-electron chi connectivity index (χ0n) is 12.6. The van der Waals surface area contributed by atoms with Crippen LogP contribution in [-0.4, -0.2) is 22.1 Å². The Hall–Kier alpha value is -2.05. The molecule has 0 aromatic carbocycles. The van der Waals surface area contributed by atoms with Gasteiger partial charge in [-0.3, -0.25) is 4.79 Å². The molecule has 1 heterocycles. The molecule has 0 bridgehead atoms. The Morgan fingerprint density at radius 1 is 1.48 bits per heavy atom. The number of carbonyl (C=O) groups is 1. The lowest BCUT2D eigenvalue weighted by Crippen LogP contribution is -2.48. The number of rotatable bonds is 4. The first-order valence-electron chi connectivity index (χ1n) is 7.14. The Balaban J connectivity index is 2.20. The SMILES string of the molecule is Cc1noc(C)c1C(C)NC(=O)C1(C(N)=NO)CCCC1. The van der Waals surface area contributed by atoms with E-state index in [1.54, 1.807) is 0 Å². The van der Waals surface area contributed by atoms with Gasteiger partial charge in [-0.1, -0.05) is 23.2 Å². The molecule has 4 N–H and O–H groups in total. The summed E-state index contributed by atoms with van der Waals surface area (Å²) < 4.78 is 5.13. The van der Waals surface area contributed by atoms with E-state index in [0.717, 1.165) is 24.1 Å². The molecular formula is C14H22N4O3. The van der Waals surface area contributed by atoms with Crippen LogP contribution >= 0.6 is 0 Å². The van der Waals surface area contributed by atoms with Crippen molar-refractivity contribution in [2.45, 2.75) is 52.5 Å². The van der Waals surface area contributed by atoms with Gasteiger partial charge in [0.2, 0.25) is 5.91 Å². The van der Waals surface area contributed by atoms with Gasteiger partial charge in [-0.2, -0.15) is 0 Å². The Morgan fingerprint density at radius 3 is 2.57 bits per heavy atom. The molecule has 1 fully saturated rings. The van der Waals surface area contributed by atoms with Gasteiger partial charge in [-0.05, 0) is 33.6 Å². The molecule has 1 amide bonds. The first kappa shape index (κ1) is 15.3. The third kappa shape index (κ3) is 2.59. The highest BCUT2D eigenvalue weighted by molar-refractivity contribution is 6.07. The van der Waals surface area contributed by atoms with Crippen LogP contribution in [0.1, 0.15) is 55.7 Å². The van der Waals surface area contributed by atoms with Gasteiger partial charge in [-0.25, -0.2) is 0 Å². The minimum absolute atomic E-state index is 0.0107. The second-order valence-corrected chi connectivity index (χ2v) is 5.71. The Morgan fingerprint density at radius 2 is 2.10 bits per heavy atom. The summed E-state index contributed by atoms with van der Waals surface area (Å²) in [5, 5.41) is 18.9. The molecule has 7 nitrogen and oxygen atoms in total. The molecule has 0 saturated heterocycles. The third-order valence-corrected chi connectivity index (χ3v) is 4.36. The number of amidine groups is 1. The number of carbonyl (C=O) groups excluding carboxylic acids is 1. The minimum atomic E-state index is -0.901. The van der Waals surface area contributed by atoms with Crippen LogP contribution in [0.2, 0.25) is 0 Å². The maximum Gasteiger partial charge on any atom is 0.234 e. The van der Waals surface area contributed by atoms with Crippen molar-refractivity contribution < 1.29 is 14.5 Å². The quantitative estimate of drug-likeness (QED) is 0.339. The molecule has 1 aromatic rings. The Bertz CT molecular complexity index is 539. The fraction of sp³-hybridized carbons (Fsp3) is 0.643. The summed E-state index contributed by atoms with van der Waals surface area (Å²) in [6.07, 6.45) is 2.98. The Labute approximate surface area is 123 Å². The number of hydrogen-bond acceptors (Lipinski definition) is 5. The molecule has 0 radical (unpaired) electrons. The third-order valence-electron chi connectivity index (χ3n) is 4.36. The van der Waals surface area contributed by atoms with Crippen LogP contribution in [0.4, 0.5) is 0 Å². The number of nitrogens with two attached hydrogens (primary N) is 1. The smallest absolute Gasteiger partial charge is 0.234 e. The molecule has 116 valence electrons. The van der Waals surface area contributed by atoms with Gasteiger partial charge >= 0.3 is 0 Å². The monoisotopic (exact) mass is 294 g/mol. The van der Waals surface area contributed by atoms with E-state index in [4.69, 9.17) is 15.5 Å². The van der Waals surface area contributed by atoms with E-state index < -0.39 is 5.41 Å². The summed E-state index contributed by atoms with van der Waals surface area (Å²) in [5.74, 6) is 0.468. The fourth-order valence-corrected chi connectivity index (χ4v) is 3.19. The molecule has 1 atom stereocenters. The summed E-state index contributed by atoms with van der Waals surface area (Å²) in [4.78, 5) is 12.7. The number of aromatic nitrogens is 1. The predicted molar refractivity (Wildman–Crippen MR) is 76.8 cm³/mol. The van der Waals surface area contributed by atoms with Crippen molar-refractivity contribution in [1.82, 2.24) is 10.5 Å². The number of nitrogens with one attached hydrogen (secondary N) is 1. The summed E-state index contributed by atoms with van der Waals surface area (Å²) in [7, 11) is 0. The lowest BCUT2D eigenvalue weighted by molar-refractivity contribution is -0.128. The van der Waals surface area contributed by atoms with E-state index in [0.29, 0.717) is 18.6 Å². The molecule has 1 aliphatic carbocycles. The average Bonchev–Trinajstić information content (AvgIpc) is 3.06. The van der Waals surface area contributed by atoms with E-state index in [9.17, 15) is 4.79 Å². The standard InChI is InChI=1S/C14H22N4O3/c1-8(11-9(2)18-21-10(11)3)16-13(19)14(12(15)17-20)6-4-5-7-14/h8,20H,4-7H2,1-3H3,(H2,15,17)(H,16,19). The van der Waals surface area contributed by atoms with Crippen molar-refractivity contribution >= 4 is 11.7 Å². The summed E-state index contributed by atoms with van der Waals surface area (Å²) in [5.41, 5.74) is 6.50. The second-order valence-electron chi connectivity index (χ2n) is 5.71. The van der Waals surface area contributed by atoms with Crippen LogP contribution in [0.25, 0.3) is 0 Å². The lowest BCUT2D eigenvalue weighted by atomic mass is 9.83. The number of amides is 1. The average molecular weight is 294 g/mol. The van der Waals surface area contributed by atoms with E-state index in [1.165, 1.54) is 0 Å². The maximum atomic E-state index is 12.7. The van der Waals surface area contributed by atoms with Crippen LogP contribution in [-0.2, 0) is 4.79 Å². The van der Waals surface area contributed by atoms with Gasteiger partial charge in [0.25, 0.3) is 0 Å². The summed E-state index contributed by atoms with van der Waals surface area (Å²) >= 11 is 0. The zero-order valence-corrected chi connectivity index (χ0v) is 12.6. The van der Waals surface area contributed by atoms with Crippen molar-refractivity contribution in [3.8, 4) is 0 Å². The Kier molecular flexibility index (Phi) is 4.20. The zero-order chi connectivity index (χ0) is 15.6. The number of nitrogens with zero attached hydrogens (tertiary/aromatic N) is 2. The van der Waals surface area contributed by atoms with Crippen LogP contribution in [0, 0.1) is 19.3 Å². The van der Waals surface area contributed by atoms with Gasteiger partial charge in [0.05, 0.1) is 11.7 Å².